The maximum absolute atomic E-state index is 12.5. The third-order valence-electron chi connectivity index (χ3n) is 5.24. The topological polar surface area (TPSA) is 99.1 Å². The van der Waals surface area contributed by atoms with E-state index in [9.17, 15) is 19.5 Å². The van der Waals surface area contributed by atoms with E-state index in [-0.39, 0.29) is 23.5 Å². The molecule has 0 aromatic rings. The number of esters is 2. The van der Waals surface area contributed by atoms with E-state index >= 15 is 0 Å². The van der Waals surface area contributed by atoms with E-state index in [1.165, 1.54) is 12.2 Å². The highest BCUT2D eigenvalue weighted by atomic mass is 16.6. The van der Waals surface area contributed by atoms with Crippen LogP contribution in [0.4, 0.5) is 0 Å². The zero-order valence-electron chi connectivity index (χ0n) is 15.5. The molecular formula is C20H22O7. The van der Waals surface area contributed by atoms with E-state index < -0.39 is 42.3 Å². The number of carbonyl (C=O) groups excluding carboxylic acids is 3. The van der Waals surface area contributed by atoms with Crippen LogP contribution in [0.1, 0.15) is 27.2 Å². The fourth-order valence-corrected chi connectivity index (χ4v) is 3.46. The molecule has 0 spiro atoms. The minimum absolute atomic E-state index is 0.0257. The largest absolute Gasteiger partial charge is 0.479 e. The number of hydrogen-bond donors (Lipinski definition) is 1. The lowest BCUT2D eigenvalue weighted by Gasteiger charge is -2.31. The Hall–Kier alpha value is -2.67. The summed E-state index contributed by atoms with van der Waals surface area (Å²) < 4.78 is 16.8. The number of carbonyl (C=O) groups is 3. The Morgan fingerprint density at radius 2 is 2.19 bits per heavy atom. The van der Waals surface area contributed by atoms with Crippen molar-refractivity contribution in [1.82, 2.24) is 0 Å². The lowest BCUT2D eigenvalue weighted by atomic mass is 9.82. The van der Waals surface area contributed by atoms with Crippen molar-refractivity contribution in [3.63, 3.8) is 0 Å². The zero-order chi connectivity index (χ0) is 19.9. The van der Waals surface area contributed by atoms with Gasteiger partial charge in [0.15, 0.2) is 5.60 Å². The Bertz CT molecular complexity index is 816. The van der Waals surface area contributed by atoms with Crippen LogP contribution >= 0.6 is 0 Å². The van der Waals surface area contributed by atoms with Crippen LogP contribution in [0.5, 0.6) is 0 Å². The summed E-state index contributed by atoms with van der Waals surface area (Å²) >= 11 is 0. The first-order valence-electron chi connectivity index (χ1n) is 8.71. The Balaban J connectivity index is 2.07. The molecule has 2 bridgehead atoms. The van der Waals surface area contributed by atoms with Crippen molar-refractivity contribution >= 4 is 17.7 Å². The van der Waals surface area contributed by atoms with Crippen molar-refractivity contribution in [1.29, 1.82) is 0 Å². The first-order valence-corrected chi connectivity index (χ1v) is 8.71. The number of allylic oxidation sites excluding steroid dienone is 1. The first-order chi connectivity index (χ1) is 12.7. The molecule has 3 rings (SSSR count). The van der Waals surface area contributed by atoms with Crippen LogP contribution in [0.25, 0.3) is 0 Å². The summed E-state index contributed by atoms with van der Waals surface area (Å²) in [5, 5.41) is 9.70. The summed E-state index contributed by atoms with van der Waals surface area (Å²) in [6.07, 6.45) is 2.83. The summed E-state index contributed by atoms with van der Waals surface area (Å²) in [4.78, 5) is 37.0. The normalized spacial score (nSPS) is 35.0. The molecule has 0 radical (unpaired) electrons. The number of aliphatic hydroxyl groups excluding tert-OH is 1. The van der Waals surface area contributed by atoms with Crippen LogP contribution in [-0.2, 0) is 28.6 Å². The van der Waals surface area contributed by atoms with Crippen LogP contribution in [-0.4, -0.2) is 47.2 Å². The van der Waals surface area contributed by atoms with E-state index in [0.717, 1.165) is 0 Å². The molecule has 0 amide bonds. The van der Waals surface area contributed by atoms with E-state index in [0.29, 0.717) is 11.1 Å². The predicted octanol–water partition coefficient (Wildman–Crippen LogP) is 1.53. The molecule has 0 aliphatic carbocycles. The summed E-state index contributed by atoms with van der Waals surface area (Å²) in [6, 6.07) is 0. The van der Waals surface area contributed by atoms with Crippen molar-refractivity contribution in [3.8, 4) is 0 Å². The second kappa shape index (κ2) is 6.81. The maximum Gasteiger partial charge on any atom is 0.334 e. The lowest BCUT2D eigenvalue weighted by Crippen LogP contribution is -2.42. The standard InChI is InChI=1S/C20H22O7/c1-5-10(2)18(23)26-15-8-20(4)16(22)7-13(27-20)12(9-21)6-14-17(15)11(3)19(24)25-14/h5-7,14-15,17,21H,3,8-9H2,1-2,4H3/b10-5-,12-6-/t14-,15+,17-,20-/m0/s1. The Labute approximate surface area is 157 Å². The second-order valence-electron chi connectivity index (χ2n) is 7.10. The highest BCUT2D eigenvalue weighted by Gasteiger charge is 2.52. The SMILES string of the molecule is C=C1C(=O)O[C@H]2/C=C(/CO)C3=CC(=O)[C@](C)(C[C@@H](OC(=O)/C(C)=C\C)[C@@H]12)O3. The van der Waals surface area contributed by atoms with Gasteiger partial charge in [0.1, 0.15) is 18.0 Å². The summed E-state index contributed by atoms with van der Waals surface area (Å²) in [5.41, 5.74) is -0.385. The molecular weight excluding hydrogens is 352 g/mol. The Kier molecular flexibility index (Phi) is 4.82. The van der Waals surface area contributed by atoms with Crippen LogP contribution < -0.4 is 0 Å². The molecule has 3 aliphatic rings. The number of ketones is 1. The van der Waals surface area contributed by atoms with Gasteiger partial charge in [0.05, 0.1) is 12.5 Å². The monoisotopic (exact) mass is 374 g/mol. The molecule has 1 N–H and O–H groups in total. The Morgan fingerprint density at radius 3 is 2.81 bits per heavy atom. The molecule has 3 heterocycles. The van der Waals surface area contributed by atoms with Gasteiger partial charge in [0.25, 0.3) is 0 Å². The fourth-order valence-electron chi connectivity index (χ4n) is 3.46. The highest BCUT2D eigenvalue weighted by Crippen LogP contribution is 2.42. The molecule has 0 aromatic heterocycles. The van der Waals surface area contributed by atoms with Crippen LogP contribution in [0.3, 0.4) is 0 Å². The predicted molar refractivity (Wildman–Crippen MR) is 94.2 cm³/mol. The number of fused-ring (bicyclic) bond motifs is 3. The van der Waals surface area contributed by atoms with Gasteiger partial charge >= 0.3 is 11.9 Å². The van der Waals surface area contributed by atoms with Gasteiger partial charge < -0.3 is 19.3 Å². The molecule has 1 fully saturated rings. The molecule has 3 aliphatic heterocycles. The molecule has 27 heavy (non-hydrogen) atoms. The van der Waals surface area contributed by atoms with Crippen LogP contribution in [0, 0.1) is 5.92 Å². The minimum atomic E-state index is -1.28. The van der Waals surface area contributed by atoms with E-state index in [1.807, 2.05) is 0 Å². The van der Waals surface area contributed by atoms with Crippen molar-refractivity contribution in [3.05, 3.63) is 47.3 Å². The third kappa shape index (κ3) is 3.23. The molecule has 144 valence electrons. The van der Waals surface area contributed by atoms with Gasteiger partial charge in [0.2, 0.25) is 5.78 Å². The van der Waals surface area contributed by atoms with Gasteiger partial charge in [-0.1, -0.05) is 12.7 Å². The molecule has 0 saturated carbocycles. The van der Waals surface area contributed by atoms with Gasteiger partial charge in [-0.2, -0.15) is 0 Å². The molecule has 0 unspecified atom stereocenters. The summed E-state index contributed by atoms with van der Waals surface area (Å²) in [7, 11) is 0. The third-order valence-corrected chi connectivity index (χ3v) is 5.24. The smallest absolute Gasteiger partial charge is 0.334 e. The quantitative estimate of drug-likeness (QED) is 0.591. The molecule has 1 saturated heterocycles. The molecule has 4 atom stereocenters. The highest BCUT2D eigenvalue weighted by molar-refractivity contribution is 6.00. The molecule has 7 nitrogen and oxygen atoms in total. The second-order valence-corrected chi connectivity index (χ2v) is 7.10. The van der Waals surface area contributed by atoms with Gasteiger partial charge in [-0.05, 0) is 26.8 Å². The molecule has 0 aromatic carbocycles. The van der Waals surface area contributed by atoms with Crippen LogP contribution in [0.2, 0.25) is 0 Å². The van der Waals surface area contributed by atoms with Crippen molar-refractivity contribution in [2.75, 3.05) is 6.61 Å². The average Bonchev–Trinajstić information content (AvgIpc) is 3.08. The molecule has 7 heteroatoms. The van der Waals surface area contributed by atoms with Gasteiger partial charge in [-0.3, -0.25) is 4.79 Å². The Morgan fingerprint density at radius 1 is 1.48 bits per heavy atom. The lowest BCUT2D eigenvalue weighted by molar-refractivity contribution is -0.153. The summed E-state index contributed by atoms with van der Waals surface area (Å²) in [5.74, 6) is -1.90. The van der Waals surface area contributed by atoms with Crippen molar-refractivity contribution in [2.45, 2.75) is 45.0 Å². The minimum Gasteiger partial charge on any atom is -0.479 e. The van der Waals surface area contributed by atoms with Gasteiger partial charge in [0, 0.05) is 29.2 Å². The van der Waals surface area contributed by atoms with Gasteiger partial charge in [-0.15, -0.1) is 0 Å². The van der Waals surface area contributed by atoms with Gasteiger partial charge in [-0.25, -0.2) is 9.59 Å². The first kappa shape index (κ1) is 19.1. The van der Waals surface area contributed by atoms with E-state index in [1.54, 1.807) is 26.8 Å². The van der Waals surface area contributed by atoms with Crippen molar-refractivity contribution in [2.24, 2.45) is 5.92 Å². The van der Waals surface area contributed by atoms with E-state index in [4.69, 9.17) is 14.2 Å². The number of aliphatic hydroxyl groups is 1. The van der Waals surface area contributed by atoms with E-state index in [2.05, 4.69) is 6.58 Å². The number of hydrogen-bond acceptors (Lipinski definition) is 7. The number of ether oxygens (including phenoxy) is 3. The van der Waals surface area contributed by atoms with Crippen LogP contribution in [0.15, 0.2) is 47.3 Å². The fraction of sp³-hybridized carbons (Fsp3) is 0.450. The summed E-state index contributed by atoms with van der Waals surface area (Å²) in [6.45, 7) is 8.31. The average molecular weight is 374 g/mol. The van der Waals surface area contributed by atoms with Crippen molar-refractivity contribution < 1.29 is 33.7 Å². The number of rotatable bonds is 3. The maximum atomic E-state index is 12.5. The zero-order valence-corrected chi connectivity index (χ0v) is 15.5.